The highest BCUT2D eigenvalue weighted by Gasteiger charge is 2.37. The smallest absolute Gasteiger partial charge is 0.281 e. The Morgan fingerprint density at radius 1 is 0.944 bits per heavy atom. The fourth-order valence-corrected chi connectivity index (χ4v) is 5.43. The minimum absolute atomic E-state index is 0.182. The highest BCUT2D eigenvalue weighted by atomic mass is 35.5. The Hall–Kier alpha value is -2.83. The number of hydrogen-bond donors (Lipinski definition) is 0. The van der Waals surface area contributed by atoms with E-state index < -0.39 is 0 Å². The SMILES string of the molecule is CCc1cccc2c(/C=C3/C(=O)N(c4ccc(Cl)cc4)C(=S)N3C)cn(Cc3ccc(Cl)cc3Cl)c12. The van der Waals surface area contributed by atoms with Crippen LogP contribution in [0.4, 0.5) is 5.69 Å². The summed E-state index contributed by atoms with van der Waals surface area (Å²) in [4.78, 5) is 16.8. The van der Waals surface area contributed by atoms with Gasteiger partial charge in [-0.2, -0.15) is 0 Å². The number of anilines is 1. The van der Waals surface area contributed by atoms with Crippen molar-refractivity contribution in [1.82, 2.24) is 9.47 Å². The maximum absolute atomic E-state index is 13.5. The number of hydrogen-bond acceptors (Lipinski definition) is 2. The second-order valence-corrected chi connectivity index (χ2v) is 10.2. The van der Waals surface area contributed by atoms with Crippen molar-refractivity contribution in [3.63, 3.8) is 0 Å². The van der Waals surface area contributed by atoms with Crippen molar-refractivity contribution in [3.05, 3.63) is 104 Å². The lowest BCUT2D eigenvalue weighted by molar-refractivity contribution is -0.114. The first-order chi connectivity index (χ1) is 17.3. The number of carbonyl (C=O) groups excluding carboxylic acids is 1. The van der Waals surface area contributed by atoms with Gasteiger partial charge in [-0.3, -0.25) is 9.69 Å². The lowest BCUT2D eigenvalue weighted by Crippen LogP contribution is -2.31. The molecule has 0 bridgehead atoms. The van der Waals surface area contributed by atoms with Crippen molar-refractivity contribution >= 4 is 80.7 Å². The summed E-state index contributed by atoms with van der Waals surface area (Å²) >= 11 is 24.3. The Morgan fingerprint density at radius 2 is 1.67 bits per heavy atom. The molecule has 4 aromatic rings. The zero-order valence-corrected chi connectivity index (χ0v) is 22.7. The molecule has 1 aliphatic rings. The Labute approximate surface area is 230 Å². The molecule has 0 radical (unpaired) electrons. The topological polar surface area (TPSA) is 28.5 Å². The van der Waals surface area contributed by atoms with Gasteiger partial charge in [-0.15, -0.1) is 0 Å². The molecule has 2 heterocycles. The zero-order valence-electron chi connectivity index (χ0n) is 19.6. The van der Waals surface area contributed by atoms with Crippen LogP contribution in [-0.2, 0) is 17.8 Å². The van der Waals surface area contributed by atoms with E-state index in [1.807, 2.05) is 31.3 Å². The summed E-state index contributed by atoms with van der Waals surface area (Å²) < 4.78 is 2.18. The third kappa shape index (κ3) is 4.41. The lowest BCUT2D eigenvalue weighted by Gasteiger charge is -2.16. The number of nitrogens with zero attached hydrogens (tertiary/aromatic N) is 3. The van der Waals surface area contributed by atoms with Crippen LogP contribution in [0.15, 0.2) is 72.6 Å². The molecule has 8 heteroatoms. The molecule has 1 fully saturated rings. The molecule has 0 atom stereocenters. The third-order valence-corrected chi connectivity index (χ3v) is 7.68. The largest absolute Gasteiger partial charge is 0.342 e. The van der Waals surface area contributed by atoms with E-state index in [-0.39, 0.29) is 5.91 Å². The number of para-hydroxylation sites is 1. The molecule has 36 heavy (non-hydrogen) atoms. The molecule has 182 valence electrons. The van der Waals surface area contributed by atoms with Crippen LogP contribution in [0, 0.1) is 0 Å². The number of amides is 1. The number of carbonyl (C=O) groups is 1. The first-order valence-corrected chi connectivity index (χ1v) is 13.0. The van der Waals surface area contributed by atoms with Crippen LogP contribution in [0.1, 0.15) is 23.6 Å². The molecule has 0 unspecified atom stereocenters. The second-order valence-electron chi connectivity index (χ2n) is 8.60. The number of aryl methyl sites for hydroxylation is 1. The van der Waals surface area contributed by atoms with Crippen LogP contribution in [0.25, 0.3) is 17.0 Å². The van der Waals surface area contributed by atoms with Gasteiger partial charge in [0.25, 0.3) is 5.91 Å². The van der Waals surface area contributed by atoms with E-state index in [0.29, 0.717) is 38.1 Å². The predicted octanol–water partition coefficient (Wildman–Crippen LogP) is 7.82. The molecule has 1 saturated heterocycles. The van der Waals surface area contributed by atoms with Gasteiger partial charge < -0.3 is 9.47 Å². The van der Waals surface area contributed by atoms with Gasteiger partial charge in [-0.25, -0.2) is 0 Å². The van der Waals surface area contributed by atoms with Crippen molar-refractivity contribution in [2.24, 2.45) is 0 Å². The summed E-state index contributed by atoms with van der Waals surface area (Å²) in [6.45, 7) is 2.71. The fraction of sp³-hybridized carbons (Fsp3) is 0.143. The lowest BCUT2D eigenvalue weighted by atomic mass is 10.1. The van der Waals surface area contributed by atoms with E-state index in [4.69, 9.17) is 47.0 Å². The Kier molecular flexibility index (Phi) is 6.84. The van der Waals surface area contributed by atoms with Gasteiger partial charge >= 0.3 is 0 Å². The molecule has 5 rings (SSSR count). The summed E-state index contributed by atoms with van der Waals surface area (Å²) in [5.41, 5.74) is 5.40. The van der Waals surface area contributed by atoms with Crippen molar-refractivity contribution in [2.75, 3.05) is 11.9 Å². The molecule has 0 spiro atoms. The van der Waals surface area contributed by atoms with Gasteiger partial charge in [-0.05, 0) is 72.2 Å². The third-order valence-electron chi connectivity index (χ3n) is 6.39. The Morgan fingerprint density at radius 3 is 2.36 bits per heavy atom. The van der Waals surface area contributed by atoms with Crippen molar-refractivity contribution in [2.45, 2.75) is 19.9 Å². The van der Waals surface area contributed by atoms with E-state index in [9.17, 15) is 4.79 Å². The summed E-state index contributed by atoms with van der Waals surface area (Å²) in [5, 5.41) is 3.29. The monoisotopic (exact) mass is 553 g/mol. The first-order valence-electron chi connectivity index (χ1n) is 11.4. The summed E-state index contributed by atoms with van der Waals surface area (Å²) in [5.74, 6) is -0.182. The van der Waals surface area contributed by atoms with Crippen molar-refractivity contribution < 1.29 is 4.79 Å². The molecule has 0 N–H and O–H groups in total. The van der Waals surface area contributed by atoms with Crippen LogP contribution in [0.3, 0.4) is 0 Å². The quantitative estimate of drug-likeness (QED) is 0.186. The van der Waals surface area contributed by atoms with E-state index in [2.05, 4.69) is 29.8 Å². The molecular weight excluding hydrogens is 533 g/mol. The number of likely N-dealkylation sites (N-methyl/N-ethyl adjacent to an activating group) is 1. The maximum Gasteiger partial charge on any atom is 0.281 e. The minimum atomic E-state index is -0.182. The van der Waals surface area contributed by atoms with Gasteiger partial charge in [0.2, 0.25) is 0 Å². The van der Waals surface area contributed by atoms with Crippen LogP contribution >= 0.6 is 47.0 Å². The highest BCUT2D eigenvalue weighted by molar-refractivity contribution is 7.80. The van der Waals surface area contributed by atoms with Gasteiger partial charge in [0.15, 0.2) is 5.11 Å². The van der Waals surface area contributed by atoms with Gasteiger partial charge in [-0.1, -0.05) is 66.0 Å². The predicted molar refractivity (Wildman–Crippen MR) is 154 cm³/mol. The minimum Gasteiger partial charge on any atom is -0.342 e. The number of thiocarbonyl (C=S) groups is 1. The number of fused-ring (bicyclic) bond motifs is 1. The van der Waals surface area contributed by atoms with Crippen LogP contribution < -0.4 is 4.90 Å². The van der Waals surface area contributed by atoms with Gasteiger partial charge in [0.1, 0.15) is 5.70 Å². The first kappa shape index (κ1) is 24.8. The Balaban J connectivity index is 1.61. The second kappa shape index (κ2) is 9.91. The highest BCUT2D eigenvalue weighted by Crippen LogP contribution is 2.33. The normalized spacial score (nSPS) is 15.1. The van der Waals surface area contributed by atoms with E-state index >= 15 is 0 Å². The molecule has 3 aromatic carbocycles. The standard InChI is InChI=1S/C28H22Cl3N3OS/c1-3-17-5-4-6-23-19(16-33(26(17)23)15-18-7-8-21(30)14-24(18)31)13-25-27(35)34(28(36)32(25)2)22-11-9-20(29)10-12-22/h4-14,16H,3,15H2,1-2H3/b25-13-. The fourth-order valence-electron chi connectivity index (χ4n) is 4.55. The summed E-state index contributed by atoms with van der Waals surface area (Å²) in [7, 11) is 1.81. The van der Waals surface area contributed by atoms with Crippen LogP contribution in [0.2, 0.25) is 15.1 Å². The number of aromatic nitrogens is 1. The summed E-state index contributed by atoms with van der Waals surface area (Å²) in [6.07, 6.45) is 4.85. The number of rotatable bonds is 5. The molecule has 1 aromatic heterocycles. The molecule has 0 aliphatic carbocycles. The zero-order chi connectivity index (χ0) is 25.6. The molecule has 1 amide bonds. The van der Waals surface area contributed by atoms with E-state index in [0.717, 1.165) is 28.5 Å². The molecule has 0 saturated carbocycles. The van der Waals surface area contributed by atoms with Crippen molar-refractivity contribution in [3.8, 4) is 0 Å². The number of benzene rings is 3. The van der Waals surface area contributed by atoms with Gasteiger partial charge in [0, 0.05) is 45.8 Å². The average molecular weight is 555 g/mol. The van der Waals surface area contributed by atoms with E-state index in [1.165, 1.54) is 10.5 Å². The van der Waals surface area contributed by atoms with Gasteiger partial charge in [0.05, 0.1) is 11.2 Å². The van der Waals surface area contributed by atoms with E-state index in [1.54, 1.807) is 35.2 Å². The summed E-state index contributed by atoms with van der Waals surface area (Å²) in [6, 6.07) is 18.9. The maximum atomic E-state index is 13.5. The molecular formula is C28H22Cl3N3OS. The van der Waals surface area contributed by atoms with Crippen LogP contribution in [0.5, 0.6) is 0 Å². The van der Waals surface area contributed by atoms with Crippen LogP contribution in [-0.4, -0.2) is 27.5 Å². The average Bonchev–Trinajstić information content (AvgIpc) is 3.31. The molecule has 4 nitrogen and oxygen atoms in total. The van der Waals surface area contributed by atoms with Crippen molar-refractivity contribution in [1.29, 1.82) is 0 Å². The molecule has 1 aliphatic heterocycles. The Bertz CT molecular complexity index is 1540. The number of halogens is 3.